The van der Waals surface area contributed by atoms with Crippen LogP contribution >= 0.6 is 0 Å². The first-order valence-electron chi connectivity index (χ1n) is 9.53. The molecule has 2 N–H and O–H groups in total. The Morgan fingerprint density at radius 1 is 0.833 bits per heavy atom. The summed E-state index contributed by atoms with van der Waals surface area (Å²) in [7, 11) is 0. The second-order valence-electron chi connectivity index (χ2n) is 7.06. The third kappa shape index (κ3) is 2.58. The van der Waals surface area contributed by atoms with Gasteiger partial charge in [-0.3, -0.25) is 10.1 Å². The van der Waals surface area contributed by atoms with E-state index in [0.29, 0.717) is 11.5 Å². The molecule has 5 heterocycles. The van der Waals surface area contributed by atoms with Crippen LogP contribution in [0.3, 0.4) is 0 Å². The number of nitrogens with one attached hydrogen (secondary N) is 2. The Bertz CT molecular complexity index is 1510. The number of fused-ring (bicyclic) bond motifs is 2. The van der Waals surface area contributed by atoms with Gasteiger partial charge in [-0.25, -0.2) is 15.0 Å². The highest BCUT2D eigenvalue weighted by molar-refractivity contribution is 5.93. The molecule has 0 spiro atoms. The molecule has 0 radical (unpaired) electrons. The second kappa shape index (κ2) is 6.35. The Labute approximate surface area is 170 Å². The number of aromatic amines is 2. The monoisotopic (exact) mass is 392 g/mol. The van der Waals surface area contributed by atoms with Crippen LogP contribution in [0.15, 0.2) is 67.3 Å². The quantitative estimate of drug-likeness (QED) is 0.473. The van der Waals surface area contributed by atoms with Crippen LogP contribution < -0.4 is 0 Å². The van der Waals surface area contributed by atoms with E-state index in [4.69, 9.17) is 9.97 Å². The zero-order chi connectivity index (χ0) is 20.1. The molecule has 144 valence electrons. The number of benzene rings is 1. The molecule has 0 fully saturated rings. The molecular formula is C22H16N8. The molecule has 0 unspecified atom stereocenters. The fourth-order valence-corrected chi connectivity index (χ4v) is 3.61. The minimum absolute atomic E-state index is 0.659. The smallest absolute Gasteiger partial charge is 0.161 e. The van der Waals surface area contributed by atoms with Gasteiger partial charge in [0.1, 0.15) is 11.0 Å². The molecule has 6 rings (SSSR count). The van der Waals surface area contributed by atoms with E-state index in [1.807, 2.05) is 66.2 Å². The van der Waals surface area contributed by atoms with Gasteiger partial charge in [0.05, 0.1) is 40.1 Å². The van der Waals surface area contributed by atoms with Gasteiger partial charge in [-0.1, -0.05) is 12.1 Å². The molecule has 0 atom stereocenters. The third-order valence-corrected chi connectivity index (χ3v) is 5.04. The van der Waals surface area contributed by atoms with E-state index in [0.717, 1.165) is 44.8 Å². The van der Waals surface area contributed by atoms with Gasteiger partial charge in [0.15, 0.2) is 11.5 Å². The number of imidazole rings is 2. The predicted octanol–water partition coefficient (Wildman–Crippen LogP) is 4.06. The average Bonchev–Trinajstić information content (AvgIpc) is 3.51. The van der Waals surface area contributed by atoms with Crippen molar-refractivity contribution in [2.75, 3.05) is 0 Å². The Morgan fingerprint density at radius 3 is 2.63 bits per heavy atom. The third-order valence-electron chi connectivity index (χ3n) is 5.04. The zero-order valence-corrected chi connectivity index (χ0v) is 16.0. The van der Waals surface area contributed by atoms with Gasteiger partial charge in [-0.05, 0) is 43.3 Å². The standard InChI is InChI=1S/C22H16N8/c1-13-11-30(12-24-13)18-7-4-6-16-19(18)27-22(26-16)21-20-17(28-29-21)9-8-15(25-20)14-5-2-3-10-23-14/h2-12H,1H3,(H,26,27)(H,28,29). The molecule has 30 heavy (non-hydrogen) atoms. The van der Waals surface area contributed by atoms with Crippen LogP contribution in [0.1, 0.15) is 5.69 Å². The highest BCUT2D eigenvalue weighted by Crippen LogP contribution is 2.29. The molecule has 6 aromatic rings. The highest BCUT2D eigenvalue weighted by atomic mass is 15.2. The maximum absolute atomic E-state index is 4.85. The fraction of sp³-hybridized carbons (Fsp3) is 0.0455. The topological polar surface area (TPSA) is 101 Å². The molecule has 0 saturated carbocycles. The number of aryl methyl sites for hydroxylation is 1. The number of nitrogens with zero attached hydrogens (tertiary/aromatic N) is 6. The van der Waals surface area contributed by atoms with Crippen LogP contribution in [0.25, 0.3) is 50.7 Å². The van der Waals surface area contributed by atoms with E-state index in [9.17, 15) is 0 Å². The number of hydrogen-bond acceptors (Lipinski definition) is 5. The van der Waals surface area contributed by atoms with Crippen molar-refractivity contribution < 1.29 is 0 Å². The van der Waals surface area contributed by atoms with Crippen LogP contribution in [0.4, 0.5) is 0 Å². The van der Waals surface area contributed by atoms with Crippen LogP contribution in [-0.2, 0) is 0 Å². The summed E-state index contributed by atoms with van der Waals surface area (Å²) in [4.78, 5) is 21.8. The maximum atomic E-state index is 4.85. The molecule has 0 saturated heterocycles. The molecule has 1 aromatic carbocycles. The first kappa shape index (κ1) is 16.6. The Balaban J connectivity index is 1.52. The van der Waals surface area contributed by atoms with Gasteiger partial charge >= 0.3 is 0 Å². The first-order valence-corrected chi connectivity index (χ1v) is 9.53. The number of H-pyrrole nitrogens is 2. The van der Waals surface area contributed by atoms with E-state index in [1.54, 1.807) is 12.5 Å². The summed E-state index contributed by atoms with van der Waals surface area (Å²) in [5, 5.41) is 7.53. The maximum Gasteiger partial charge on any atom is 0.161 e. The van der Waals surface area contributed by atoms with Crippen LogP contribution in [0.5, 0.6) is 0 Å². The van der Waals surface area contributed by atoms with Crippen molar-refractivity contribution >= 4 is 22.1 Å². The lowest BCUT2D eigenvalue weighted by atomic mass is 10.2. The summed E-state index contributed by atoms with van der Waals surface area (Å²) in [5.74, 6) is 0.659. The number of rotatable bonds is 3. The molecule has 0 aliphatic heterocycles. The summed E-state index contributed by atoms with van der Waals surface area (Å²) in [6.07, 6.45) is 5.53. The van der Waals surface area contributed by atoms with Crippen molar-refractivity contribution in [3.05, 3.63) is 72.9 Å². The Kier molecular flexibility index (Phi) is 3.51. The van der Waals surface area contributed by atoms with Gasteiger partial charge in [0, 0.05) is 12.4 Å². The van der Waals surface area contributed by atoms with Crippen LogP contribution in [0, 0.1) is 6.92 Å². The fourth-order valence-electron chi connectivity index (χ4n) is 3.61. The van der Waals surface area contributed by atoms with Crippen molar-refractivity contribution in [2.24, 2.45) is 0 Å². The number of para-hydroxylation sites is 1. The summed E-state index contributed by atoms with van der Waals surface area (Å²) in [5.41, 5.74) is 7.54. The molecule has 0 bridgehead atoms. The number of aromatic nitrogens is 8. The van der Waals surface area contributed by atoms with E-state index < -0.39 is 0 Å². The van der Waals surface area contributed by atoms with E-state index in [2.05, 4.69) is 25.1 Å². The molecule has 0 aliphatic carbocycles. The molecule has 0 amide bonds. The minimum atomic E-state index is 0.659. The summed E-state index contributed by atoms with van der Waals surface area (Å²) in [6, 6.07) is 15.7. The van der Waals surface area contributed by atoms with Crippen molar-refractivity contribution in [2.45, 2.75) is 6.92 Å². The van der Waals surface area contributed by atoms with Crippen molar-refractivity contribution in [3.63, 3.8) is 0 Å². The molecule has 8 heteroatoms. The van der Waals surface area contributed by atoms with E-state index >= 15 is 0 Å². The number of hydrogen-bond donors (Lipinski definition) is 2. The minimum Gasteiger partial charge on any atom is -0.336 e. The van der Waals surface area contributed by atoms with Crippen molar-refractivity contribution in [1.82, 2.24) is 39.7 Å². The van der Waals surface area contributed by atoms with Crippen molar-refractivity contribution in [1.29, 1.82) is 0 Å². The largest absolute Gasteiger partial charge is 0.336 e. The Morgan fingerprint density at radius 2 is 1.80 bits per heavy atom. The van der Waals surface area contributed by atoms with Crippen molar-refractivity contribution in [3.8, 4) is 28.6 Å². The Hall–Kier alpha value is -4.33. The zero-order valence-electron chi connectivity index (χ0n) is 16.0. The molecule has 5 aromatic heterocycles. The molecule has 0 aliphatic rings. The first-order chi connectivity index (χ1) is 14.8. The van der Waals surface area contributed by atoms with Gasteiger partial charge in [0.2, 0.25) is 0 Å². The lowest BCUT2D eigenvalue weighted by Crippen LogP contribution is -1.91. The van der Waals surface area contributed by atoms with Crippen LogP contribution in [0.2, 0.25) is 0 Å². The van der Waals surface area contributed by atoms with Gasteiger partial charge in [-0.2, -0.15) is 5.10 Å². The lowest BCUT2D eigenvalue weighted by molar-refractivity contribution is 1.06. The summed E-state index contributed by atoms with van der Waals surface area (Å²) >= 11 is 0. The van der Waals surface area contributed by atoms with E-state index in [-0.39, 0.29) is 0 Å². The lowest BCUT2D eigenvalue weighted by Gasteiger charge is -2.01. The normalized spacial score (nSPS) is 11.5. The summed E-state index contributed by atoms with van der Waals surface area (Å²) < 4.78 is 1.97. The molecular weight excluding hydrogens is 376 g/mol. The van der Waals surface area contributed by atoms with Gasteiger partial charge < -0.3 is 9.55 Å². The van der Waals surface area contributed by atoms with Gasteiger partial charge in [0.25, 0.3) is 0 Å². The van der Waals surface area contributed by atoms with E-state index in [1.165, 1.54) is 0 Å². The average molecular weight is 392 g/mol. The van der Waals surface area contributed by atoms with Gasteiger partial charge in [-0.15, -0.1) is 0 Å². The SMILES string of the molecule is Cc1cn(-c2cccc3[nH]c(-c4n[nH]c5ccc(-c6ccccn6)nc45)nc23)cn1. The predicted molar refractivity (Wildman–Crippen MR) is 114 cm³/mol. The molecule has 8 nitrogen and oxygen atoms in total. The number of pyridine rings is 2. The summed E-state index contributed by atoms with van der Waals surface area (Å²) in [6.45, 7) is 1.97. The highest BCUT2D eigenvalue weighted by Gasteiger charge is 2.17. The second-order valence-corrected chi connectivity index (χ2v) is 7.06. The van der Waals surface area contributed by atoms with Crippen LogP contribution in [-0.4, -0.2) is 39.7 Å².